The molecule has 129 valence electrons. The summed E-state index contributed by atoms with van der Waals surface area (Å²) in [7, 11) is 0. The molecule has 0 atom stereocenters. The van der Waals surface area contributed by atoms with Crippen molar-refractivity contribution in [3.63, 3.8) is 0 Å². The highest BCUT2D eigenvalue weighted by Gasteiger charge is 2.74. The van der Waals surface area contributed by atoms with Crippen LogP contribution in [0.3, 0.4) is 0 Å². The van der Waals surface area contributed by atoms with Gasteiger partial charge in [0.25, 0.3) is 0 Å². The molecule has 0 aliphatic heterocycles. The number of rotatable bonds is 2. The zero-order chi connectivity index (χ0) is 18.3. The first-order valence-corrected chi connectivity index (χ1v) is 7.62. The molecule has 10 heteroatoms. The van der Waals surface area contributed by atoms with Gasteiger partial charge in [0.2, 0.25) is 0 Å². The monoisotopic (exact) mass is 478 g/mol. The third kappa shape index (κ3) is 3.17. The van der Waals surface area contributed by atoms with Crippen molar-refractivity contribution in [3.8, 4) is 11.1 Å². The van der Waals surface area contributed by atoms with Gasteiger partial charge in [-0.2, -0.15) is 26.3 Å². The first-order valence-electron chi connectivity index (χ1n) is 6.04. The van der Waals surface area contributed by atoms with E-state index in [0.29, 0.717) is 6.07 Å². The van der Waals surface area contributed by atoms with E-state index in [0.717, 1.165) is 6.20 Å². The van der Waals surface area contributed by atoms with Crippen LogP contribution in [0.4, 0.5) is 30.7 Å². The van der Waals surface area contributed by atoms with Gasteiger partial charge < -0.3 is 0 Å². The van der Waals surface area contributed by atoms with Gasteiger partial charge in [-0.25, -0.2) is 4.39 Å². The summed E-state index contributed by atoms with van der Waals surface area (Å²) in [5, 5.41) is 0. The SMILES string of the molecule is FC(F)(F)C(F)(c1cc(Br)[c]c(Br)c1-c1cccnc1)C(F)(F)F. The van der Waals surface area contributed by atoms with Crippen LogP contribution in [0.15, 0.2) is 39.5 Å². The number of alkyl halides is 7. The van der Waals surface area contributed by atoms with Crippen molar-refractivity contribution >= 4 is 31.9 Å². The number of aromatic nitrogens is 1. The number of pyridine rings is 1. The Labute approximate surface area is 148 Å². The molecule has 1 aromatic carbocycles. The van der Waals surface area contributed by atoms with Crippen LogP contribution in [-0.4, -0.2) is 17.3 Å². The highest BCUT2D eigenvalue weighted by Crippen LogP contribution is 2.56. The minimum absolute atomic E-state index is 0.126. The topological polar surface area (TPSA) is 12.9 Å². The van der Waals surface area contributed by atoms with E-state index in [-0.39, 0.29) is 14.5 Å². The van der Waals surface area contributed by atoms with E-state index in [1.165, 1.54) is 18.3 Å². The van der Waals surface area contributed by atoms with Gasteiger partial charge in [0.05, 0.1) is 0 Å². The smallest absolute Gasteiger partial charge is 0.264 e. The Morgan fingerprint density at radius 1 is 0.958 bits per heavy atom. The van der Waals surface area contributed by atoms with Crippen molar-refractivity contribution in [3.05, 3.63) is 51.2 Å². The Hall–Kier alpha value is -1.16. The summed E-state index contributed by atoms with van der Waals surface area (Å²) >= 11 is 5.59. The standard InChI is InChI=1S/C14H5Br2F7N/c15-8-4-9(12(17,13(18,19)20)14(21,22)23)11(10(16)5-8)7-2-1-3-24-6-7/h1-4,6H. The molecule has 0 spiro atoms. The summed E-state index contributed by atoms with van der Waals surface area (Å²) in [5.74, 6) is 0. The van der Waals surface area contributed by atoms with Gasteiger partial charge in [0, 0.05) is 44.1 Å². The molecule has 0 N–H and O–H groups in total. The number of nitrogens with zero attached hydrogens (tertiary/aromatic N) is 1. The molecule has 24 heavy (non-hydrogen) atoms. The molecule has 0 bridgehead atoms. The lowest BCUT2D eigenvalue weighted by atomic mass is 9.87. The molecule has 0 saturated heterocycles. The average Bonchev–Trinajstić information content (AvgIpc) is 2.44. The van der Waals surface area contributed by atoms with Crippen LogP contribution in [-0.2, 0) is 5.67 Å². The predicted molar refractivity (Wildman–Crippen MR) is 78.8 cm³/mol. The number of benzene rings is 1. The Kier molecular flexibility index (Phi) is 5.02. The highest BCUT2D eigenvalue weighted by atomic mass is 79.9. The molecule has 2 aromatic rings. The van der Waals surface area contributed by atoms with Crippen molar-refractivity contribution in [2.75, 3.05) is 0 Å². The van der Waals surface area contributed by atoms with Crippen LogP contribution < -0.4 is 0 Å². The average molecular weight is 480 g/mol. The van der Waals surface area contributed by atoms with Gasteiger partial charge >= 0.3 is 18.0 Å². The van der Waals surface area contributed by atoms with Crippen LogP contribution in [0.25, 0.3) is 11.1 Å². The fourth-order valence-electron chi connectivity index (χ4n) is 2.05. The largest absolute Gasteiger partial charge is 0.435 e. The van der Waals surface area contributed by atoms with Crippen LogP contribution in [0, 0.1) is 6.07 Å². The lowest BCUT2D eigenvalue weighted by Gasteiger charge is -2.32. The lowest BCUT2D eigenvalue weighted by Crippen LogP contribution is -2.50. The van der Waals surface area contributed by atoms with Gasteiger partial charge in [-0.05, 0) is 28.1 Å². The zero-order valence-electron chi connectivity index (χ0n) is 11.2. The molecule has 1 nitrogen and oxygen atoms in total. The Balaban J connectivity index is 2.92. The molecular formula is C14H5Br2F7N. The van der Waals surface area contributed by atoms with E-state index in [1.807, 2.05) is 0 Å². The van der Waals surface area contributed by atoms with Crippen molar-refractivity contribution in [2.45, 2.75) is 18.0 Å². The summed E-state index contributed by atoms with van der Waals surface area (Å²) in [6, 6.07) is 5.38. The van der Waals surface area contributed by atoms with E-state index >= 15 is 0 Å². The van der Waals surface area contributed by atoms with Gasteiger partial charge in [-0.1, -0.05) is 22.0 Å². The van der Waals surface area contributed by atoms with E-state index in [2.05, 4.69) is 42.9 Å². The van der Waals surface area contributed by atoms with E-state index < -0.39 is 29.1 Å². The van der Waals surface area contributed by atoms with Crippen LogP contribution in [0.2, 0.25) is 0 Å². The molecular weight excluding hydrogens is 475 g/mol. The normalized spacial score (nSPS) is 13.2. The summed E-state index contributed by atoms with van der Waals surface area (Å²) in [6.45, 7) is 0. The maximum atomic E-state index is 14.5. The van der Waals surface area contributed by atoms with Crippen molar-refractivity contribution in [1.29, 1.82) is 0 Å². The second-order valence-electron chi connectivity index (χ2n) is 4.62. The Morgan fingerprint density at radius 3 is 2.00 bits per heavy atom. The zero-order valence-corrected chi connectivity index (χ0v) is 14.4. The van der Waals surface area contributed by atoms with E-state index in [1.54, 1.807) is 0 Å². The number of hydrogen-bond acceptors (Lipinski definition) is 1. The fraction of sp³-hybridized carbons (Fsp3) is 0.214. The minimum Gasteiger partial charge on any atom is -0.264 e. The van der Waals surface area contributed by atoms with Crippen LogP contribution >= 0.6 is 31.9 Å². The van der Waals surface area contributed by atoms with Gasteiger partial charge in [-0.3, -0.25) is 4.98 Å². The predicted octanol–water partition coefficient (Wildman–Crippen LogP) is 6.36. The molecule has 0 aliphatic rings. The minimum atomic E-state index is -6.22. The second kappa shape index (κ2) is 6.29. The van der Waals surface area contributed by atoms with Crippen molar-refractivity contribution in [2.24, 2.45) is 0 Å². The fourth-order valence-corrected chi connectivity index (χ4v) is 3.40. The first kappa shape index (κ1) is 19.2. The van der Waals surface area contributed by atoms with E-state index in [9.17, 15) is 30.7 Å². The molecule has 1 radical (unpaired) electrons. The highest BCUT2D eigenvalue weighted by molar-refractivity contribution is 9.11. The molecule has 0 unspecified atom stereocenters. The van der Waals surface area contributed by atoms with Gasteiger partial charge in [-0.15, -0.1) is 0 Å². The molecule has 0 amide bonds. The van der Waals surface area contributed by atoms with Crippen LogP contribution in [0.1, 0.15) is 5.56 Å². The molecule has 0 fully saturated rings. The van der Waals surface area contributed by atoms with Gasteiger partial charge in [0.15, 0.2) is 0 Å². The molecule has 2 rings (SSSR count). The van der Waals surface area contributed by atoms with Crippen molar-refractivity contribution in [1.82, 2.24) is 4.98 Å². The lowest BCUT2D eigenvalue weighted by molar-refractivity contribution is -0.348. The summed E-state index contributed by atoms with van der Waals surface area (Å²) in [5.41, 5.74) is -7.93. The number of hydrogen-bond donors (Lipinski definition) is 0. The maximum absolute atomic E-state index is 14.5. The first-order chi connectivity index (χ1) is 10.9. The maximum Gasteiger partial charge on any atom is 0.435 e. The molecule has 0 saturated carbocycles. The van der Waals surface area contributed by atoms with Gasteiger partial charge in [0.1, 0.15) is 0 Å². The summed E-state index contributed by atoms with van der Waals surface area (Å²) < 4.78 is 92.5. The molecule has 1 heterocycles. The third-order valence-electron chi connectivity index (χ3n) is 3.09. The quantitative estimate of drug-likeness (QED) is 0.456. The number of halogens is 9. The van der Waals surface area contributed by atoms with Crippen molar-refractivity contribution < 1.29 is 30.7 Å². The molecule has 1 aromatic heterocycles. The van der Waals surface area contributed by atoms with E-state index in [4.69, 9.17) is 0 Å². The summed E-state index contributed by atoms with van der Waals surface area (Å²) in [6.07, 6.45) is -10.1. The van der Waals surface area contributed by atoms with Crippen LogP contribution in [0.5, 0.6) is 0 Å². The second-order valence-corrected chi connectivity index (χ2v) is 6.26. The summed E-state index contributed by atoms with van der Waals surface area (Å²) in [4.78, 5) is 3.64. The Bertz CT molecular complexity index is 727. The third-order valence-corrected chi connectivity index (χ3v) is 4.11. The Morgan fingerprint density at radius 2 is 1.54 bits per heavy atom. The molecule has 0 aliphatic carbocycles.